The lowest BCUT2D eigenvalue weighted by Gasteiger charge is -2.28. The lowest BCUT2D eigenvalue weighted by molar-refractivity contribution is 0.108. The smallest absolute Gasteiger partial charge is 0.159 e. The second-order valence-corrected chi connectivity index (χ2v) is 6.75. The molecule has 0 radical (unpaired) electrons. The van der Waals surface area contributed by atoms with E-state index < -0.39 is 11.6 Å². The number of ether oxygens (including phenoxy) is 1. The van der Waals surface area contributed by atoms with Crippen molar-refractivity contribution >= 4 is 0 Å². The lowest BCUT2D eigenvalue weighted by Crippen LogP contribution is -2.40. The van der Waals surface area contributed by atoms with Crippen LogP contribution >= 0.6 is 0 Å². The minimum atomic E-state index is -0.777. The largest absolute Gasteiger partial charge is 0.380 e. The fourth-order valence-corrected chi connectivity index (χ4v) is 3.80. The van der Waals surface area contributed by atoms with Crippen molar-refractivity contribution in [3.8, 4) is 0 Å². The predicted molar refractivity (Wildman–Crippen MR) is 86.5 cm³/mol. The van der Waals surface area contributed by atoms with Gasteiger partial charge in [-0.05, 0) is 56.5 Å². The van der Waals surface area contributed by atoms with Crippen LogP contribution in [0.5, 0.6) is 0 Å². The SMILES string of the molecule is CO[C@H]1C[C@@H](CN2CCCC2)N(CCc2ccc(F)c(F)c2)C1. The standard InChI is InChI=1S/C18H26F2N2O/c1-23-16-11-15(12-21-7-2-3-8-21)22(13-16)9-6-14-4-5-17(19)18(20)10-14/h4-5,10,15-16H,2-3,6-9,11-13H2,1H3/t15-,16-/m0/s1. The highest BCUT2D eigenvalue weighted by Crippen LogP contribution is 2.23. The van der Waals surface area contributed by atoms with Crippen LogP contribution in [0.25, 0.3) is 0 Å². The van der Waals surface area contributed by atoms with Crippen LogP contribution in [-0.2, 0) is 11.2 Å². The summed E-state index contributed by atoms with van der Waals surface area (Å²) in [6, 6.07) is 4.71. The first-order valence-electron chi connectivity index (χ1n) is 8.59. The van der Waals surface area contributed by atoms with Crippen LogP contribution in [0.1, 0.15) is 24.8 Å². The number of benzene rings is 1. The summed E-state index contributed by atoms with van der Waals surface area (Å²) < 4.78 is 31.9. The third-order valence-electron chi connectivity index (χ3n) is 5.16. The van der Waals surface area contributed by atoms with Crippen LogP contribution < -0.4 is 0 Å². The Kier molecular flexibility index (Phi) is 5.62. The second-order valence-electron chi connectivity index (χ2n) is 6.75. The van der Waals surface area contributed by atoms with Gasteiger partial charge in [-0.15, -0.1) is 0 Å². The Morgan fingerprint density at radius 1 is 1.17 bits per heavy atom. The molecular weight excluding hydrogens is 298 g/mol. The molecule has 5 heteroatoms. The fourth-order valence-electron chi connectivity index (χ4n) is 3.80. The molecule has 3 nitrogen and oxygen atoms in total. The van der Waals surface area contributed by atoms with Crippen molar-refractivity contribution in [2.75, 3.05) is 39.8 Å². The van der Waals surface area contributed by atoms with Gasteiger partial charge in [0, 0.05) is 32.8 Å². The zero-order chi connectivity index (χ0) is 16.2. The van der Waals surface area contributed by atoms with Gasteiger partial charge in [0.2, 0.25) is 0 Å². The number of rotatable bonds is 6. The molecule has 0 unspecified atom stereocenters. The maximum Gasteiger partial charge on any atom is 0.159 e. The van der Waals surface area contributed by atoms with Gasteiger partial charge in [-0.2, -0.15) is 0 Å². The summed E-state index contributed by atoms with van der Waals surface area (Å²) in [7, 11) is 1.77. The van der Waals surface area contributed by atoms with E-state index >= 15 is 0 Å². The monoisotopic (exact) mass is 324 g/mol. The summed E-state index contributed by atoms with van der Waals surface area (Å²) in [5, 5.41) is 0. The van der Waals surface area contributed by atoms with E-state index in [1.807, 2.05) is 0 Å². The lowest BCUT2D eigenvalue weighted by atomic mass is 10.1. The Morgan fingerprint density at radius 2 is 1.96 bits per heavy atom. The van der Waals surface area contributed by atoms with Crippen LogP contribution in [0, 0.1) is 11.6 Å². The van der Waals surface area contributed by atoms with Gasteiger partial charge in [0.15, 0.2) is 11.6 Å². The van der Waals surface area contributed by atoms with Crippen molar-refractivity contribution < 1.29 is 13.5 Å². The van der Waals surface area contributed by atoms with E-state index in [9.17, 15) is 8.78 Å². The molecule has 0 aromatic heterocycles. The number of nitrogens with zero attached hydrogens (tertiary/aromatic N) is 2. The minimum absolute atomic E-state index is 0.285. The molecule has 0 spiro atoms. The van der Waals surface area contributed by atoms with Crippen molar-refractivity contribution in [1.29, 1.82) is 0 Å². The van der Waals surface area contributed by atoms with Crippen LogP contribution in [0.15, 0.2) is 18.2 Å². The molecule has 0 bridgehead atoms. The molecule has 0 saturated carbocycles. The average molecular weight is 324 g/mol. The minimum Gasteiger partial charge on any atom is -0.380 e. The summed E-state index contributed by atoms with van der Waals surface area (Å²) in [5.41, 5.74) is 0.852. The molecule has 2 heterocycles. The van der Waals surface area contributed by atoms with Gasteiger partial charge >= 0.3 is 0 Å². The summed E-state index contributed by atoms with van der Waals surface area (Å²) in [6.45, 7) is 5.29. The summed E-state index contributed by atoms with van der Waals surface area (Å²) in [4.78, 5) is 4.99. The van der Waals surface area contributed by atoms with Crippen molar-refractivity contribution in [3.05, 3.63) is 35.4 Å². The van der Waals surface area contributed by atoms with Gasteiger partial charge in [0.1, 0.15) is 0 Å². The molecule has 3 rings (SSSR count). The molecule has 2 fully saturated rings. The molecule has 1 aromatic carbocycles. The van der Waals surface area contributed by atoms with E-state index in [0.717, 1.165) is 38.0 Å². The van der Waals surface area contributed by atoms with E-state index in [1.165, 1.54) is 38.1 Å². The molecule has 2 saturated heterocycles. The highest BCUT2D eigenvalue weighted by atomic mass is 19.2. The maximum absolute atomic E-state index is 13.3. The molecule has 23 heavy (non-hydrogen) atoms. The van der Waals surface area contributed by atoms with Crippen molar-refractivity contribution in [1.82, 2.24) is 9.80 Å². The Morgan fingerprint density at radius 3 is 2.65 bits per heavy atom. The van der Waals surface area contributed by atoms with E-state index in [-0.39, 0.29) is 6.10 Å². The molecule has 1 aromatic rings. The number of hydrogen-bond acceptors (Lipinski definition) is 3. The first-order valence-corrected chi connectivity index (χ1v) is 8.59. The van der Waals surface area contributed by atoms with Gasteiger partial charge in [-0.3, -0.25) is 4.90 Å². The normalized spacial score (nSPS) is 26.2. The zero-order valence-electron chi connectivity index (χ0n) is 13.8. The molecule has 0 amide bonds. The van der Waals surface area contributed by atoms with Crippen molar-refractivity contribution in [3.63, 3.8) is 0 Å². The fraction of sp³-hybridized carbons (Fsp3) is 0.667. The van der Waals surface area contributed by atoms with Crippen LogP contribution in [0.2, 0.25) is 0 Å². The third-order valence-corrected chi connectivity index (χ3v) is 5.16. The number of halogens is 2. The molecule has 2 aliphatic rings. The summed E-state index contributed by atoms with van der Waals surface area (Å²) >= 11 is 0. The highest BCUT2D eigenvalue weighted by Gasteiger charge is 2.33. The highest BCUT2D eigenvalue weighted by molar-refractivity contribution is 5.18. The predicted octanol–water partition coefficient (Wildman–Crippen LogP) is 2.69. The van der Waals surface area contributed by atoms with Crippen LogP contribution in [-0.4, -0.2) is 61.8 Å². The van der Waals surface area contributed by atoms with E-state index in [4.69, 9.17) is 4.74 Å². The van der Waals surface area contributed by atoms with Crippen LogP contribution in [0.4, 0.5) is 8.78 Å². The van der Waals surface area contributed by atoms with Gasteiger partial charge in [-0.25, -0.2) is 8.78 Å². The van der Waals surface area contributed by atoms with E-state index in [2.05, 4.69) is 9.80 Å². The van der Waals surface area contributed by atoms with Crippen molar-refractivity contribution in [2.45, 2.75) is 37.8 Å². The first-order chi connectivity index (χ1) is 11.2. The summed E-state index contributed by atoms with van der Waals surface area (Å²) in [6.07, 6.45) is 4.69. The second kappa shape index (κ2) is 7.69. The molecule has 128 valence electrons. The Bertz CT molecular complexity index is 520. The van der Waals surface area contributed by atoms with E-state index in [0.29, 0.717) is 6.04 Å². The molecule has 0 N–H and O–H groups in total. The Balaban J connectivity index is 1.57. The van der Waals surface area contributed by atoms with Gasteiger partial charge in [-0.1, -0.05) is 6.07 Å². The van der Waals surface area contributed by atoms with Gasteiger partial charge in [0.25, 0.3) is 0 Å². The Hall–Kier alpha value is -1.04. The molecule has 2 atom stereocenters. The maximum atomic E-state index is 13.3. The van der Waals surface area contributed by atoms with Crippen molar-refractivity contribution in [2.24, 2.45) is 0 Å². The quantitative estimate of drug-likeness (QED) is 0.800. The van der Waals surface area contributed by atoms with E-state index in [1.54, 1.807) is 13.2 Å². The Labute approximate surface area is 137 Å². The first kappa shape index (κ1) is 16.8. The molecule has 0 aliphatic carbocycles. The third kappa shape index (κ3) is 4.28. The summed E-state index contributed by atoms with van der Waals surface area (Å²) in [5.74, 6) is -1.53. The number of likely N-dealkylation sites (tertiary alicyclic amines) is 2. The zero-order valence-corrected chi connectivity index (χ0v) is 13.8. The van der Waals surface area contributed by atoms with Crippen LogP contribution in [0.3, 0.4) is 0 Å². The number of hydrogen-bond donors (Lipinski definition) is 0. The topological polar surface area (TPSA) is 15.7 Å². The molecule has 2 aliphatic heterocycles. The van der Waals surface area contributed by atoms with Gasteiger partial charge < -0.3 is 9.64 Å². The van der Waals surface area contributed by atoms with Gasteiger partial charge in [0.05, 0.1) is 6.10 Å². The molecular formula is C18H26F2N2O. The average Bonchev–Trinajstić information content (AvgIpc) is 3.19. The number of methoxy groups -OCH3 is 1.